The highest BCUT2D eigenvalue weighted by atomic mass is 19.1. The predicted molar refractivity (Wildman–Crippen MR) is 70.7 cm³/mol. The standard InChI is InChI=1S/C15H21F2NO/c16-13-5-4-12(14(17)8-13)9-18-10-15(11-19)6-2-1-3-7-15/h4-5,8,18-19H,1-3,6-7,9-11H2. The molecule has 1 aromatic rings. The molecule has 1 aromatic carbocycles. The van der Waals surface area contributed by atoms with Crippen LogP contribution < -0.4 is 5.32 Å². The smallest absolute Gasteiger partial charge is 0.130 e. The summed E-state index contributed by atoms with van der Waals surface area (Å²) in [4.78, 5) is 0. The van der Waals surface area contributed by atoms with E-state index in [1.165, 1.54) is 18.6 Å². The molecule has 106 valence electrons. The largest absolute Gasteiger partial charge is 0.396 e. The molecular formula is C15H21F2NO. The maximum absolute atomic E-state index is 13.5. The van der Waals surface area contributed by atoms with Crippen molar-refractivity contribution in [1.82, 2.24) is 5.32 Å². The highest BCUT2D eigenvalue weighted by molar-refractivity contribution is 5.18. The number of hydrogen-bond acceptors (Lipinski definition) is 2. The van der Waals surface area contributed by atoms with Gasteiger partial charge in [0.25, 0.3) is 0 Å². The van der Waals surface area contributed by atoms with Gasteiger partial charge < -0.3 is 10.4 Å². The maximum Gasteiger partial charge on any atom is 0.130 e. The van der Waals surface area contributed by atoms with E-state index in [-0.39, 0.29) is 12.0 Å². The average molecular weight is 269 g/mol. The van der Waals surface area contributed by atoms with E-state index in [1.807, 2.05) is 0 Å². The zero-order chi connectivity index (χ0) is 13.7. The molecule has 2 nitrogen and oxygen atoms in total. The number of rotatable bonds is 5. The van der Waals surface area contributed by atoms with Crippen LogP contribution >= 0.6 is 0 Å². The molecule has 0 spiro atoms. The van der Waals surface area contributed by atoms with E-state index in [4.69, 9.17) is 0 Å². The van der Waals surface area contributed by atoms with Crippen LogP contribution in [0, 0.1) is 17.0 Å². The number of benzene rings is 1. The number of nitrogens with one attached hydrogen (secondary N) is 1. The van der Waals surface area contributed by atoms with Crippen molar-refractivity contribution in [3.8, 4) is 0 Å². The molecule has 0 bridgehead atoms. The number of aliphatic hydroxyl groups excluding tert-OH is 1. The van der Waals surface area contributed by atoms with Crippen molar-refractivity contribution < 1.29 is 13.9 Å². The van der Waals surface area contributed by atoms with Crippen molar-refractivity contribution >= 4 is 0 Å². The van der Waals surface area contributed by atoms with Gasteiger partial charge in [0.05, 0.1) is 0 Å². The zero-order valence-electron chi connectivity index (χ0n) is 11.1. The lowest BCUT2D eigenvalue weighted by Crippen LogP contribution is -2.38. The summed E-state index contributed by atoms with van der Waals surface area (Å²) in [6, 6.07) is 3.63. The maximum atomic E-state index is 13.5. The van der Waals surface area contributed by atoms with Gasteiger partial charge in [-0.1, -0.05) is 25.3 Å². The minimum atomic E-state index is -0.555. The lowest BCUT2D eigenvalue weighted by atomic mass is 9.74. The molecule has 0 heterocycles. The van der Waals surface area contributed by atoms with Crippen LogP contribution in [-0.2, 0) is 6.54 Å². The summed E-state index contributed by atoms with van der Waals surface area (Å²) in [5, 5.41) is 12.8. The molecule has 2 rings (SSSR count). The van der Waals surface area contributed by atoms with Crippen molar-refractivity contribution in [3.63, 3.8) is 0 Å². The summed E-state index contributed by atoms with van der Waals surface area (Å²) < 4.78 is 26.2. The predicted octanol–water partition coefficient (Wildman–Crippen LogP) is 3.00. The Kier molecular flexibility index (Phi) is 4.88. The van der Waals surface area contributed by atoms with Crippen LogP contribution in [0.25, 0.3) is 0 Å². The molecule has 0 radical (unpaired) electrons. The molecule has 4 heteroatoms. The first-order valence-corrected chi connectivity index (χ1v) is 6.91. The van der Waals surface area contributed by atoms with Gasteiger partial charge >= 0.3 is 0 Å². The molecule has 1 saturated carbocycles. The number of halogens is 2. The Labute approximate surface area is 112 Å². The summed E-state index contributed by atoms with van der Waals surface area (Å²) in [6.45, 7) is 1.22. The second kappa shape index (κ2) is 6.44. The normalized spacial score (nSPS) is 18.5. The summed E-state index contributed by atoms with van der Waals surface area (Å²) >= 11 is 0. The molecule has 0 aliphatic heterocycles. The van der Waals surface area contributed by atoms with Gasteiger partial charge in [0, 0.05) is 36.7 Å². The van der Waals surface area contributed by atoms with Crippen LogP contribution in [-0.4, -0.2) is 18.3 Å². The second-order valence-corrected chi connectivity index (χ2v) is 5.56. The molecule has 0 unspecified atom stereocenters. The highest BCUT2D eigenvalue weighted by Crippen LogP contribution is 2.35. The van der Waals surface area contributed by atoms with E-state index in [2.05, 4.69) is 5.32 Å². The molecule has 0 atom stereocenters. The van der Waals surface area contributed by atoms with Crippen molar-refractivity contribution in [2.24, 2.45) is 5.41 Å². The number of aliphatic hydroxyl groups is 1. The Morgan fingerprint density at radius 2 is 1.89 bits per heavy atom. The molecule has 1 aliphatic rings. The van der Waals surface area contributed by atoms with E-state index in [0.29, 0.717) is 18.7 Å². The molecule has 0 aromatic heterocycles. The van der Waals surface area contributed by atoms with Gasteiger partial charge in [0.2, 0.25) is 0 Å². The number of hydrogen-bond donors (Lipinski definition) is 2. The van der Waals surface area contributed by atoms with Crippen LogP contribution in [0.1, 0.15) is 37.7 Å². The van der Waals surface area contributed by atoms with E-state index in [9.17, 15) is 13.9 Å². The monoisotopic (exact) mass is 269 g/mol. The lowest BCUT2D eigenvalue weighted by Gasteiger charge is -2.35. The molecule has 1 aliphatic carbocycles. The summed E-state index contributed by atoms with van der Waals surface area (Å²) in [6.07, 6.45) is 5.55. The third-order valence-electron chi connectivity index (χ3n) is 4.08. The van der Waals surface area contributed by atoms with Crippen LogP contribution in [0.2, 0.25) is 0 Å². The van der Waals surface area contributed by atoms with Crippen molar-refractivity contribution in [1.29, 1.82) is 0 Å². The fourth-order valence-electron chi connectivity index (χ4n) is 2.82. The third-order valence-corrected chi connectivity index (χ3v) is 4.08. The summed E-state index contributed by atoms with van der Waals surface area (Å²) in [7, 11) is 0. The molecule has 2 N–H and O–H groups in total. The topological polar surface area (TPSA) is 32.3 Å². The van der Waals surface area contributed by atoms with Crippen LogP contribution in [0.3, 0.4) is 0 Å². The fraction of sp³-hybridized carbons (Fsp3) is 0.600. The minimum absolute atomic E-state index is 0.0608. The molecule has 0 amide bonds. The Balaban J connectivity index is 1.88. The first kappa shape index (κ1) is 14.4. The van der Waals surface area contributed by atoms with Crippen LogP contribution in [0.5, 0.6) is 0 Å². The van der Waals surface area contributed by atoms with Gasteiger partial charge in [-0.3, -0.25) is 0 Å². The summed E-state index contributed by atoms with van der Waals surface area (Å²) in [5.41, 5.74) is 0.402. The molecule has 0 saturated heterocycles. The Hall–Kier alpha value is -1.00. The van der Waals surface area contributed by atoms with Crippen molar-refractivity contribution in [3.05, 3.63) is 35.4 Å². The van der Waals surface area contributed by atoms with Gasteiger partial charge in [-0.2, -0.15) is 0 Å². The third kappa shape index (κ3) is 3.74. The fourth-order valence-corrected chi connectivity index (χ4v) is 2.82. The quantitative estimate of drug-likeness (QED) is 0.861. The van der Waals surface area contributed by atoms with Gasteiger partial charge in [-0.15, -0.1) is 0 Å². The molecule has 1 fully saturated rings. The average Bonchev–Trinajstić information content (AvgIpc) is 2.42. The molecule has 19 heavy (non-hydrogen) atoms. The minimum Gasteiger partial charge on any atom is -0.396 e. The van der Waals surface area contributed by atoms with Crippen LogP contribution in [0.4, 0.5) is 8.78 Å². The van der Waals surface area contributed by atoms with Crippen molar-refractivity contribution in [2.75, 3.05) is 13.2 Å². The van der Waals surface area contributed by atoms with Gasteiger partial charge in [0.1, 0.15) is 11.6 Å². The summed E-state index contributed by atoms with van der Waals surface area (Å²) in [5.74, 6) is -1.07. The van der Waals surface area contributed by atoms with E-state index in [0.717, 1.165) is 31.7 Å². The first-order valence-electron chi connectivity index (χ1n) is 6.91. The first-order chi connectivity index (χ1) is 9.15. The Bertz CT molecular complexity index is 417. The zero-order valence-corrected chi connectivity index (χ0v) is 11.1. The van der Waals surface area contributed by atoms with E-state index >= 15 is 0 Å². The SMILES string of the molecule is OCC1(CNCc2ccc(F)cc2F)CCCCC1. The van der Waals surface area contributed by atoms with E-state index in [1.54, 1.807) is 0 Å². The molecular weight excluding hydrogens is 248 g/mol. The Morgan fingerprint density at radius 1 is 1.16 bits per heavy atom. The Morgan fingerprint density at radius 3 is 2.53 bits per heavy atom. The van der Waals surface area contributed by atoms with Crippen molar-refractivity contribution in [2.45, 2.75) is 38.6 Å². The second-order valence-electron chi connectivity index (χ2n) is 5.56. The highest BCUT2D eigenvalue weighted by Gasteiger charge is 2.30. The van der Waals surface area contributed by atoms with Gasteiger partial charge in [0.15, 0.2) is 0 Å². The lowest BCUT2D eigenvalue weighted by molar-refractivity contribution is 0.0810. The van der Waals surface area contributed by atoms with E-state index < -0.39 is 11.6 Å². The van der Waals surface area contributed by atoms with Gasteiger partial charge in [-0.05, 0) is 18.9 Å². The van der Waals surface area contributed by atoms with Gasteiger partial charge in [-0.25, -0.2) is 8.78 Å². The van der Waals surface area contributed by atoms with Crippen LogP contribution in [0.15, 0.2) is 18.2 Å².